The first-order chi connectivity index (χ1) is 26.3. The number of benzene rings is 1. The highest BCUT2D eigenvalue weighted by molar-refractivity contribution is 6.30. The zero-order valence-corrected chi connectivity index (χ0v) is 37.6. The van der Waals surface area contributed by atoms with Crippen LogP contribution < -0.4 is 0 Å². The molecule has 1 aromatic carbocycles. The highest BCUT2D eigenvalue weighted by Crippen LogP contribution is 2.72. The normalized spacial score (nSPS) is 34.0. The van der Waals surface area contributed by atoms with Crippen LogP contribution in [0, 0.1) is 57.2 Å². The summed E-state index contributed by atoms with van der Waals surface area (Å²) in [6, 6.07) is 8.26. The molecule has 0 heterocycles. The molecule has 0 aliphatic heterocycles. The number of Topliss-reactive ketones (excluding diaryl/α,β-unsaturated/α-hetero) is 1. The first-order valence-corrected chi connectivity index (χ1v) is 22.5. The number of halogens is 1. The number of carbonyl (C=O) groups is 3. The van der Waals surface area contributed by atoms with Crippen molar-refractivity contribution >= 4 is 29.3 Å². The summed E-state index contributed by atoms with van der Waals surface area (Å²) in [6.07, 6.45) is 10.3. The van der Waals surface area contributed by atoms with Gasteiger partial charge in [0.25, 0.3) is 0 Å². The third kappa shape index (κ3) is 8.71. The molecular weight excluding hydrogens is 720 g/mol. The first-order valence-electron chi connectivity index (χ1n) is 22.1. The van der Waals surface area contributed by atoms with Crippen LogP contribution in [0.25, 0.3) is 0 Å². The molecule has 0 radical (unpaired) electrons. The molecule has 314 valence electrons. The number of carboxylic acids is 1. The van der Waals surface area contributed by atoms with E-state index in [1.807, 2.05) is 26.0 Å². The zero-order chi connectivity index (χ0) is 41.4. The molecule has 4 fully saturated rings. The number of ketones is 1. The Balaban J connectivity index is 0.00000295. The summed E-state index contributed by atoms with van der Waals surface area (Å²) in [5, 5.41) is 10.4. The Hall–Kier alpha value is -2.22. The number of nitrogens with zero attached hydrogens (tertiary/aromatic N) is 2. The smallest absolute Gasteiger partial charge is 0.309 e. The summed E-state index contributed by atoms with van der Waals surface area (Å²) < 4.78 is 6.09. The van der Waals surface area contributed by atoms with Crippen LogP contribution >= 0.6 is 11.6 Å². The van der Waals surface area contributed by atoms with Crippen molar-refractivity contribution in [3.8, 4) is 0 Å². The van der Waals surface area contributed by atoms with Gasteiger partial charge in [0.05, 0.1) is 11.8 Å². The summed E-state index contributed by atoms with van der Waals surface area (Å²) in [5.41, 5.74) is 3.17. The Morgan fingerprint density at radius 3 is 2.27 bits per heavy atom. The van der Waals surface area contributed by atoms with E-state index in [-0.39, 0.29) is 46.6 Å². The Morgan fingerprint density at radius 1 is 0.964 bits per heavy atom. The number of esters is 1. The third-order valence-corrected chi connectivity index (χ3v) is 16.0. The van der Waals surface area contributed by atoms with Gasteiger partial charge in [0.1, 0.15) is 6.10 Å². The maximum Gasteiger partial charge on any atom is 0.309 e. The van der Waals surface area contributed by atoms with Crippen LogP contribution in [0.2, 0.25) is 5.02 Å². The van der Waals surface area contributed by atoms with E-state index in [4.69, 9.17) is 16.3 Å². The number of fused-ring (bicyclic) bond motifs is 7. The second-order valence-electron chi connectivity index (χ2n) is 20.2. The van der Waals surface area contributed by atoms with Crippen molar-refractivity contribution in [2.24, 2.45) is 57.2 Å². The molecule has 1 aromatic rings. The molecule has 0 amide bonds. The van der Waals surface area contributed by atoms with Crippen molar-refractivity contribution in [3.05, 3.63) is 46.0 Å². The quantitative estimate of drug-likeness (QED) is 0.199. The Morgan fingerprint density at radius 2 is 1.62 bits per heavy atom. The number of hydrogen-bond acceptors (Lipinski definition) is 6. The van der Waals surface area contributed by atoms with Gasteiger partial charge in [-0.05, 0) is 162 Å². The minimum atomic E-state index is -1.14. The molecule has 9 unspecified atom stereocenters. The van der Waals surface area contributed by atoms with E-state index in [9.17, 15) is 19.5 Å². The maximum atomic E-state index is 14.1. The molecule has 0 aromatic heterocycles. The fourth-order valence-electron chi connectivity index (χ4n) is 13.0. The molecule has 8 heteroatoms. The summed E-state index contributed by atoms with van der Waals surface area (Å²) >= 11 is 6.41. The fraction of sp³-hybridized carbons (Fsp3) is 0.771. The van der Waals surface area contributed by atoms with Gasteiger partial charge < -0.3 is 14.7 Å². The van der Waals surface area contributed by atoms with E-state index in [2.05, 4.69) is 70.6 Å². The minimum Gasteiger partial charge on any atom is -0.481 e. The maximum absolute atomic E-state index is 14.1. The van der Waals surface area contributed by atoms with Crippen molar-refractivity contribution in [1.82, 2.24) is 9.80 Å². The van der Waals surface area contributed by atoms with E-state index >= 15 is 0 Å². The van der Waals surface area contributed by atoms with Crippen molar-refractivity contribution in [2.75, 3.05) is 33.7 Å². The molecule has 0 spiro atoms. The number of hydrogen-bond donors (Lipinski definition) is 1. The van der Waals surface area contributed by atoms with Gasteiger partial charge in [0, 0.05) is 36.5 Å². The number of allylic oxidation sites excluding steroid dienone is 2. The number of carboxylic acid groups (broad SMARTS) is 1. The van der Waals surface area contributed by atoms with Crippen LogP contribution in [0.4, 0.5) is 0 Å². The minimum absolute atomic E-state index is 0.0431. The number of likely N-dealkylation sites (N-methyl/N-ethyl adjacent to an activating group) is 1. The molecule has 7 nitrogen and oxygen atoms in total. The molecule has 9 atom stereocenters. The van der Waals surface area contributed by atoms with Crippen LogP contribution in [0.1, 0.15) is 139 Å². The number of carbonyl (C=O) groups excluding carboxylic acids is 2. The lowest BCUT2D eigenvalue weighted by Crippen LogP contribution is -2.60. The van der Waals surface area contributed by atoms with Crippen LogP contribution in [0.5, 0.6) is 0 Å². The van der Waals surface area contributed by atoms with E-state index in [1.54, 1.807) is 19.4 Å². The first kappa shape index (κ1) is 44.9. The molecule has 0 saturated heterocycles. The molecule has 4 saturated carbocycles. The molecule has 0 bridgehead atoms. The zero-order valence-electron chi connectivity index (χ0n) is 36.8. The summed E-state index contributed by atoms with van der Waals surface area (Å²) in [6.45, 7) is 22.9. The van der Waals surface area contributed by atoms with Gasteiger partial charge >= 0.3 is 11.9 Å². The van der Waals surface area contributed by atoms with Gasteiger partial charge in [-0.3, -0.25) is 19.3 Å². The van der Waals surface area contributed by atoms with E-state index in [0.717, 1.165) is 69.7 Å². The Bertz CT molecular complexity index is 1620. The average molecular weight is 796 g/mol. The lowest BCUT2D eigenvalue weighted by Gasteiger charge is -2.67. The number of aliphatic carboxylic acids is 1. The predicted molar refractivity (Wildman–Crippen MR) is 227 cm³/mol. The standard InChI is InChI=1S/C46H69ClN2O5.C2H6/c1-29(2)40-36(50)26-46(21-22-49(24-23-48(8)9)28-31-11-10-12-32(47)25-31)20-16-35-33(41(40)46)13-14-38-44(6)19-17-37(30(3)34(44)15-18-45(35,38)7)54-39(51)27-43(4,5)42(52)53;1-2/h10-12,25,29-30,33-35,37-38H,13-24,26-28H2,1-9H3,(H,52,53);1-2H3. The van der Waals surface area contributed by atoms with E-state index in [1.165, 1.54) is 30.4 Å². The van der Waals surface area contributed by atoms with Crippen LogP contribution in [-0.2, 0) is 25.7 Å². The lowest BCUT2D eigenvalue weighted by atomic mass is 9.38. The molecular formula is C48H75ClN2O5. The predicted octanol–water partition coefficient (Wildman–Crippen LogP) is 10.7. The highest BCUT2D eigenvalue weighted by Gasteiger charge is 2.65. The van der Waals surface area contributed by atoms with Gasteiger partial charge in [0.2, 0.25) is 0 Å². The molecule has 6 rings (SSSR count). The SMILES string of the molecule is CC.CC(C)C1=C2C3CCC4C(C)(CCC5C(C)C(OC(=O)CC(C)(C)C(=O)O)CCC54C)C3CCC2(CCN(CCN(C)C)Cc2cccc(Cl)c2)CC1=O. The van der Waals surface area contributed by atoms with Gasteiger partial charge in [-0.1, -0.05) is 77.8 Å². The summed E-state index contributed by atoms with van der Waals surface area (Å²) in [5.74, 6) is 1.65. The Kier molecular flexibility index (Phi) is 14.1. The van der Waals surface area contributed by atoms with Gasteiger partial charge in [-0.15, -0.1) is 0 Å². The molecule has 1 N–H and O–H groups in total. The lowest BCUT2D eigenvalue weighted by molar-refractivity contribution is -0.192. The van der Waals surface area contributed by atoms with Crippen LogP contribution in [0.3, 0.4) is 0 Å². The average Bonchev–Trinajstić information content (AvgIpc) is 3.43. The van der Waals surface area contributed by atoms with Crippen LogP contribution in [0.15, 0.2) is 35.4 Å². The van der Waals surface area contributed by atoms with Crippen LogP contribution in [-0.4, -0.2) is 72.5 Å². The monoisotopic (exact) mass is 795 g/mol. The molecule has 5 aliphatic carbocycles. The summed E-state index contributed by atoms with van der Waals surface area (Å²) in [7, 11) is 4.28. The largest absolute Gasteiger partial charge is 0.481 e. The van der Waals surface area contributed by atoms with Gasteiger partial charge in [0.15, 0.2) is 5.78 Å². The third-order valence-electron chi connectivity index (χ3n) is 15.8. The fourth-order valence-corrected chi connectivity index (χ4v) is 13.2. The molecule has 56 heavy (non-hydrogen) atoms. The van der Waals surface area contributed by atoms with Crippen molar-refractivity contribution in [1.29, 1.82) is 0 Å². The van der Waals surface area contributed by atoms with E-state index < -0.39 is 11.4 Å². The van der Waals surface area contributed by atoms with Crippen molar-refractivity contribution < 1.29 is 24.2 Å². The molecule has 5 aliphatic rings. The second kappa shape index (κ2) is 17.6. The van der Waals surface area contributed by atoms with Gasteiger partial charge in [-0.2, -0.15) is 0 Å². The number of rotatable bonds is 13. The van der Waals surface area contributed by atoms with E-state index in [0.29, 0.717) is 35.9 Å². The van der Waals surface area contributed by atoms with Crippen molar-refractivity contribution in [2.45, 2.75) is 146 Å². The number of ether oxygens (including phenoxy) is 1. The topological polar surface area (TPSA) is 87.2 Å². The Labute approximate surface area is 344 Å². The van der Waals surface area contributed by atoms with Crippen molar-refractivity contribution in [3.63, 3.8) is 0 Å². The highest BCUT2D eigenvalue weighted by atomic mass is 35.5. The second-order valence-corrected chi connectivity index (χ2v) is 20.6. The van der Waals surface area contributed by atoms with Gasteiger partial charge in [-0.25, -0.2) is 0 Å². The summed E-state index contributed by atoms with van der Waals surface area (Å²) in [4.78, 5) is 43.7.